The molecule has 15 heavy (non-hydrogen) atoms. The number of aliphatic hydroxyl groups is 1. The highest BCUT2D eigenvalue weighted by Crippen LogP contribution is 2.27. The smallest absolute Gasteiger partial charge is 0.117 e. The van der Waals surface area contributed by atoms with Crippen molar-refractivity contribution in [1.82, 2.24) is 5.32 Å². The fraction of sp³-hybridized carbons (Fsp3) is 0.667. The molecule has 0 aliphatic heterocycles. The molecule has 1 fully saturated rings. The molecule has 0 atom stereocenters. The third-order valence-electron chi connectivity index (χ3n) is 3.12. The molecule has 2 N–H and O–H groups in total. The summed E-state index contributed by atoms with van der Waals surface area (Å²) >= 11 is 0. The van der Waals surface area contributed by atoms with Crippen LogP contribution in [-0.2, 0) is 6.54 Å². The van der Waals surface area contributed by atoms with Gasteiger partial charge in [0, 0.05) is 6.54 Å². The first-order chi connectivity index (χ1) is 7.29. The van der Waals surface area contributed by atoms with E-state index < -0.39 is 5.60 Å². The minimum absolute atomic E-state index is 0.481. The Hall–Kier alpha value is -0.800. The Kier molecular flexibility index (Phi) is 3.44. The standard InChI is InChI=1S/C12H19NO2/c14-12(6-2-1-3-7-12)10-13-9-11-5-4-8-15-11/h4-5,8,13-14H,1-3,6-7,9-10H2. The summed E-state index contributed by atoms with van der Waals surface area (Å²) in [6.45, 7) is 1.38. The van der Waals surface area contributed by atoms with Crippen LogP contribution in [0.1, 0.15) is 37.9 Å². The van der Waals surface area contributed by atoms with Crippen molar-refractivity contribution in [2.75, 3.05) is 6.54 Å². The van der Waals surface area contributed by atoms with E-state index in [0.29, 0.717) is 13.1 Å². The fourth-order valence-corrected chi connectivity index (χ4v) is 2.22. The first kappa shape index (κ1) is 10.7. The molecule has 2 rings (SSSR count). The Morgan fingerprint density at radius 1 is 1.33 bits per heavy atom. The van der Waals surface area contributed by atoms with Crippen LogP contribution >= 0.6 is 0 Å². The first-order valence-electron chi connectivity index (χ1n) is 5.74. The largest absolute Gasteiger partial charge is 0.468 e. The Labute approximate surface area is 90.5 Å². The van der Waals surface area contributed by atoms with Crippen molar-refractivity contribution < 1.29 is 9.52 Å². The van der Waals surface area contributed by atoms with Crippen LogP contribution in [0.3, 0.4) is 0 Å². The number of hydrogen-bond acceptors (Lipinski definition) is 3. The van der Waals surface area contributed by atoms with Crippen LogP contribution in [-0.4, -0.2) is 17.3 Å². The van der Waals surface area contributed by atoms with Gasteiger partial charge in [0.1, 0.15) is 5.76 Å². The topological polar surface area (TPSA) is 45.4 Å². The molecular formula is C12H19NO2. The van der Waals surface area contributed by atoms with E-state index in [2.05, 4.69) is 5.32 Å². The van der Waals surface area contributed by atoms with E-state index in [1.807, 2.05) is 12.1 Å². The third kappa shape index (κ3) is 3.08. The second-order valence-corrected chi connectivity index (χ2v) is 4.47. The Morgan fingerprint density at radius 2 is 2.13 bits per heavy atom. The molecule has 3 nitrogen and oxygen atoms in total. The van der Waals surface area contributed by atoms with E-state index in [1.165, 1.54) is 6.42 Å². The maximum Gasteiger partial charge on any atom is 0.117 e. The zero-order valence-corrected chi connectivity index (χ0v) is 9.04. The monoisotopic (exact) mass is 209 g/mol. The van der Waals surface area contributed by atoms with Crippen molar-refractivity contribution in [1.29, 1.82) is 0 Å². The van der Waals surface area contributed by atoms with Crippen LogP contribution in [0.4, 0.5) is 0 Å². The van der Waals surface area contributed by atoms with Gasteiger partial charge in [0.25, 0.3) is 0 Å². The van der Waals surface area contributed by atoms with Gasteiger partial charge < -0.3 is 14.8 Å². The van der Waals surface area contributed by atoms with Gasteiger partial charge in [-0.1, -0.05) is 19.3 Å². The number of hydrogen-bond donors (Lipinski definition) is 2. The molecule has 0 aromatic carbocycles. The summed E-state index contributed by atoms with van der Waals surface area (Å²) in [4.78, 5) is 0. The minimum atomic E-state index is -0.481. The van der Waals surface area contributed by atoms with E-state index in [9.17, 15) is 5.11 Å². The van der Waals surface area contributed by atoms with Gasteiger partial charge in [-0.3, -0.25) is 0 Å². The van der Waals surface area contributed by atoms with E-state index in [0.717, 1.165) is 31.4 Å². The lowest BCUT2D eigenvalue weighted by molar-refractivity contribution is 0.00438. The minimum Gasteiger partial charge on any atom is -0.468 e. The van der Waals surface area contributed by atoms with E-state index in [-0.39, 0.29) is 0 Å². The predicted octanol–water partition coefficient (Wildman–Crippen LogP) is 2.06. The highest BCUT2D eigenvalue weighted by Gasteiger charge is 2.28. The third-order valence-corrected chi connectivity index (χ3v) is 3.12. The molecule has 0 spiro atoms. The van der Waals surface area contributed by atoms with Crippen molar-refractivity contribution in [2.24, 2.45) is 0 Å². The molecule has 1 aliphatic rings. The van der Waals surface area contributed by atoms with Crippen molar-refractivity contribution in [3.63, 3.8) is 0 Å². The average Bonchev–Trinajstić information content (AvgIpc) is 2.71. The molecule has 1 aliphatic carbocycles. The molecule has 0 unspecified atom stereocenters. The van der Waals surface area contributed by atoms with Gasteiger partial charge in [-0.15, -0.1) is 0 Å². The summed E-state index contributed by atoms with van der Waals surface area (Å²) < 4.78 is 5.21. The summed E-state index contributed by atoms with van der Waals surface area (Å²) in [5.41, 5.74) is -0.481. The Morgan fingerprint density at radius 3 is 2.80 bits per heavy atom. The Balaban J connectivity index is 1.72. The SMILES string of the molecule is OC1(CNCc2ccco2)CCCCC1. The second-order valence-electron chi connectivity index (χ2n) is 4.47. The first-order valence-corrected chi connectivity index (χ1v) is 5.74. The summed E-state index contributed by atoms with van der Waals surface area (Å²) in [5.74, 6) is 0.925. The Bertz CT molecular complexity index is 276. The van der Waals surface area contributed by atoms with Gasteiger partial charge in [-0.05, 0) is 25.0 Å². The normalized spacial score (nSPS) is 20.3. The lowest BCUT2D eigenvalue weighted by atomic mass is 9.85. The van der Waals surface area contributed by atoms with E-state index in [4.69, 9.17) is 4.42 Å². The summed E-state index contributed by atoms with van der Waals surface area (Å²) in [6, 6.07) is 3.82. The van der Waals surface area contributed by atoms with Crippen LogP contribution in [0, 0.1) is 0 Å². The lowest BCUT2D eigenvalue weighted by Crippen LogP contribution is -2.41. The summed E-state index contributed by atoms with van der Waals surface area (Å²) in [7, 11) is 0. The molecule has 84 valence electrons. The molecule has 0 amide bonds. The number of rotatable bonds is 4. The van der Waals surface area contributed by atoms with Crippen molar-refractivity contribution in [3.05, 3.63) is 24.2 Å². The van der Waals surface area contributed by atoms with Crippen molar-refractivity contribution >= 4 is 0 Å². The molecule has 1 heterocycles. The zero-order chi connectivity index (χ0) is 10.6. The summed E-state index contributed by atoms with van der Waals surface area (Å²) in [5, 5.41) is 13.5. The maximum atomic E-state index is 10.2. The van der Waals surface area contributed by atoms with Crippen LogP contribution in [0.15, 0.2) is 22.8 Å². The lowest BCUT2D eigenvalue weighted by Gasteiger charge is -2.32. The molecular weight excluding hydrogens is 190 g/mol. The molecule has 0 radical (unpaired) electrons. The molecule has 1 saturated carbocycles. The molecule has 0 bridgehead atoms. The zero-order valence-electron chi connectivity index (χ0n) is 9.04. The van der Waals surface area contributed by atoms with Crippen molar-refractivity contribution in [2.45, 2.75) is 44.2 Å². The van der Waals surface area contributed by atoms with Gasteiger partial charge in [0.05, 0.1) is 18.4 Å². The van der Waals surface area contributed by atoms with E-state index in [1.54, 1.807) is 6.26 Å². The number of nitrogens with one attached hydrogen (secondary N) is 1. The molecule has 3 heteroatoms. The highest BCUT2D eigenvalue weighted by molar-refractivity contribution is 4.98. The molecule has 1 aromatic rings. The van der Waals surface area contributed by atoms with Crippen LogP contribution < -0.4 is 5.32 Å². The predicted molar refractivity (Wildman–Crippen MR) is 58.4 cm³/mol. The second kappa shape index (κ2) is 4.81. The summed E-state index contributed by atoms with van der Waals surface area (Å²) in [6.07, 6.45) is 7.10. The molecule has 0 saturated heterocycles. The van der Waals surface area contributed by atoms with Crippen LogP contribution in [0.25, 0.3) is 0 Å². The quantitative estimate of drug-likeness (QED) is 0.798. The fourth-order valence-electron chi connectivity index (χ4n) is 2.22. The highest BCUT2D eigenvalue weighted by atomic mass is 16.3. The number of furan rings is 1. The molecule has 1 aromatic heterocycles. The van der Waals surface area contributed by atoms with Crippen LogP contribution in [0.5, 0.6) is 0 Å². The van der Waals surface area contributed by atoms with Crippen molar-refractivity contribution in [3.8, 4) is 0 Å². The van der Waals surface area contributed by atoms with Gasteiger partial charge in [0.15, 0.2) is 0 Å². The average molecular weight is 209 g/mol. The van der Waals surface area contributed by atoms with E-state index >= 15 is 0 Å². The maximum absolute atomic E-state index is 10.2. The van der Waals surface area contributed by atoms with Crippen LogP contribution in [0.2, 0.25) is 0 Å². The van der Waals surface area contributed by atoms with Gasteiger partial charge >= 0.3 is 0 Å². The van der Waals surface area contributed by atoms with Gasteiger partial charge in [-0.25, -0.2) is 0 Å². The van der Waals surface area contributed by atoms with Gasteiger partial charge in [-0.2, -0.15) is 0 Å². The van der Waals surface area contributed by atoms with Gasteiger partial charge in [0.2, 0.25) is 0 Å².